The molecule has 3 amide bonds. The molecule has 2 aromatic rings. The van der Waals surface area contributed by atoms with Gasteiger partial charge in [-0.05, 0) is 77.1 Å². The lowest BCUT2D eigenvalue weighted by molar-refractivity contribution is -0.145. The molecule has 0 radical (unpaired) electrons. The number of carbonyl (C=O) groups excluding carboxylic acids is 3. The molecule has 1 aliphatic rings. The lowest BCUT2D eigenvalue weighted by Gasteiger charge is -2.43. The van der Waals surface area contributed by atoms with Gasteiger partial charge in [0.25, 0.3) is 5.91 Å². The van der Waals surface area contributed by atoms with Crippen LogP contribution in [0.1, 0.15) is 69.7 Å². The van der Waals surface area contributed by atoms with E-state index in [4.69, 9.17) is 11.2 Å². The van der Waals surface area contributed by atoms with Crippen molar-refractivity contribution in [2.24, 2.45) is 0 Å². The maximum Gasteiger partial charge on any atom is 0.408 e. The molecule has 2 unspecified atom stereocenters. The lowest BCUT2D eigenvalue weighted by Crippen LogP contribution is -2.56. The number of nitrogens with one attached hydrogen (secondary N) is 2. The molecule has 0 aliphatic heterocycles. The number of rotatable bonds is 7. The molecular formula is C29H35N3O4. The zero-order valence-electron chi connectivity index (χ0n) is 21.6. The Kier molecular flexibility index (Phi) is 8.41. The highest BCUT2D eigenvalue weighted by molar-refractivity contribution is 5.99. The van der Waals surface area contributed by atoms with Crippen molar-refractivity contribution in [2.75, 3.05) is 5.32 Å². The van der Waals surface area contributed by atoms with Crippen molar-refractivity contribution in [3.63, 3.8) is 0 Å². The number of alkyl carbamates (subject to hydrolysis) is 1. The number of amides is 3. The molecule has 0 spiro atoms. The van der Waals surface area contributed by atoms with Crippen LogP contribution >= 0.6 is 0 Å². The Morgan fingerprint density at radius 2 is 1.72 bits per heavy atom. The van der Waals surface area contributed by atoms with Crippen LogP contribution in [-0.4, -0.2) is 40.5 Å². The molecule has 3 rings (SSSR count). The van der Waals surface area contributed by atoms with Crippen LogP contribution in [0.15, 0.2) is 48.5 Å². The van der Waals surface area contributed by atoms with Crippen LogP contribution in [0.4, 0.5) is 10.5 Å². The molecule has 2 N–H and O–H groups in total. The summed E-state index contributed by atoms with van der Waals surface area (Å²) in [5.74, 6) is 1.92. The molecule has 2 atom stereocenters. The van der Waals surface area contributed by atoms with Crippen molar-refractivity contribution in [1.82, 2.24) is 10.2 Å². The van der Waals surface area contributed by atoms with Crippen LogP contribution < -0.4 is 10.6 Å². The summed E-state index contributed by atoms with van der Waals surface area (Å²) in [6.45, 7) is 8.76. The average Bonchev–Trinajstić information content (AvgIpc) is 2.77. The Hall–Kier alpha value is -3.79. The third-order valence-electron chi connectivity index (χ3n) is 6.17. The molecule has 7 heteroatoms. The van der Waals surface area contributed by atoms with Gasteiger partial charge in [-0.25, -0.2) is 4.79 Å². The van der Waals surface area contributed by atoms with E-state index in [2.05, 4.69) is 16.6 Å². The molecule has 2 aromatic carbocycles. The van der Waals surface area contributed by atoms with Gasteiger partial charge in [0.2, 0.25) is 5.91 Å². The van der Waals surface area contributed by atoms with Gasteiger partial charge in [0, 0.05) is 17.3 Å². The second-order valence-electron chi connectivity index (χ2n) is 10.1. The van der Waals surface area contributed by atoms with Crippen molar-refractivity contribution in [2.45, 2.75) is 77.6 Å². The van der Waals surface area contributed by atoms with Gasteiger partial charge in [0.1, 0.15) is 17.7 Å². The van der Waals surface area contributed by atoms with E-state index in [9.17, 15) is 14.4 Å². The summed E-state index contributed by atoms with van der Waals surface area (Å²) >= 11 is 0. The Morgan fingerprint density at radius 3 is 2.31 bits per heavy atom. The molecule has 1 aliphatic carbocycles. The average molecular weight is 490 g/mol. The first-order chi connectivity index (χ1) is 17.0. The number of terminal acetylenes is 1. The number of carbonyl (C=O) groups is 3. The standard InChI is InChI=1S/C29H35N3O4/c1-7-21-14-9-10-17-23(21)25(26(33)31-24-18-11-8-13-19(24)2)32(22-15-12-16-22)27(34)20(3)30-28(35)36-29(4,5)6/h1,8-11,13-14,17-18,20,22,25H,12,15-16H2,2-6H3,(H,30,35)(H,31,33). The second kappa shape index (κ2) is 11.3. The molecule has 1 fully saturated rings. The maximum atomic E-state index is 13.9. The van der Waals surface area contributed by atoms with Crippen molar-refractivity contribution in [3.8, 4) is 12.3 Å². The van der Waals surface area contributed by atoms with Gasteiger partial charge in [0.15, 0.2) is 0 Å². The minimum atomic E-state index is -0.974. The molecule has 0 saturated heterocycles. The van der Waals surface area contributed by atoms with E-state index < -0.39 is 23.8 Å². The molecule has 1 saturated carbocycles. The Morgan fingerprint density at radius 1 is 1.08 bits per heavy atom. The first kappa shape index (κ1) is 26.8. The van der Waals surface area contributed by atoms with Crippen molar-refractivity contribution < 1.29 is 19.1 Å². The second-order valence-corrected chi connectivity index (χ2v) is 10.1. The fourth-order valence-electron chi connectivity index (χ4n) is 4.15. The summed E-state index contributed by atoms with van der Waals surface area (Å²) in [5, 5.41) is 5.62. The van der Waals surface area contributed by atoms with Crippen LogP contribution in [0, 0.1) is 19.3 Å². The largest absolute Gasteiger partial charge is 0.444 e. The number of anilines is 1. The van der Waals surface area contributed by atoms with Gasteiger partial charge in [0.05, 0.1) is 0 Å². The van der Waals surface area contributed by atoms with Gasteiger partial charge >= 0.3 is 6.09 Å². The molecular weight excluding hydrogens is 454 g/mol. The normalized spacial score (nSPS) is 15.0. The molecule has 190 valence electrons. The fraction of sp³-hybridized carbons (Fsp3) is 0.414. The highest BCUT2D eigenvalue weighted by atomic mass is 16.6. The lowest BCUT2D eigenvalue weighted by atomic mass is 9.87. The number of benzene rings is 2. The number of hydrogen-bond acceptors (Lipinski definition) is 4. The predicted octanol–water partition coefficient (Wildman–Crippen LogP) is 4.95. The van der Waals surface area contributed by atoms with Crippen LogP contribution in [0.5, 0.6) is 0 Å². The SMILES string of the molecule is C#Cc1ccccc1C(C(=O)Nc1ccccc1C)N(C(=O)C(C)NC(=O)OC(C)(C)C)C1CCC1. The molecule has 0 aromatic heterocycles. The van der Waals surface area contributed by atoms with Crippen molar-refractivity contribution in [1.29, 1.82) is 0 Å². The van der Waals surface area contributed by atoms with Crippen molar-refractivity contribution >= 4 is 23.6 Å². The third kappa shape index (κ3) is 6.45. The van der Waals surface area contributed by atoms with E-state index in [0.717, 1.165) is 24.8 Å². The van der Waals surface area contributed by atoms with Crippen LogP contribution in [0.2, 0.25) is 0 Å². The third-order valence-corrected chi connectivity index (χ3v) is 6.17. The minimum Gasteiger partial charge on any atom is -0.444 e. The zero-order chi connectivity index (χ0) is 26.5. The highest BCUT2D eigenvalue weighted by Crippen LogP contribution is 2.35. The quantitative estimate of drug-likeness (QED) is 0.539. The fourth-order valence-corrected chi connectivity index (χ4v) is 4.15. The molecule has 0 bridgehead atoms. The summed E-state index contributed by atoms with van der Waals surface area (Å²) < 4.78 is 5.33. The first-order valence-corrected chi connectivity index (χ1v) is 12.3. The van der Waals surface area contributed by atoms with Gasteiger partial charge < -0.3 is 20.3 Å². The van der Waals surface area contributed by atoms with E-state index >= 15 is 0 Å². The summed E-state index contributed by atoms with van der Waals surface area (Å²) in [7, 11) is 0. The zero-order valence-corrected chi connectivity index (χ0v) is 21.6. The van der Waals surface area contributed by atoms with Gasteiger partial charge in [-0.2, -0.15) is 0 Å². The summed E-state index contributed by atoms with van der Waals surface area (Å²) in [6.07, 6.45) is 7.57. The van der Waals surface area contributed by atoms with Gasteiger partial charge in [-0.3, -0.25) is 9.59 Å². The first-order valence-electron chi connectivity index (χ1n) is 12.3. The maximum absolute atomic E-state index is 13.9. The highest BCUT2D eigenvalue weighted by Gasteiger charge is 2.41. The molecule has 36 heavy (non-hydrogen) atoms. The molecule has 0 heterocycles. The topological polar surface area (TPSA) is 87.7 Å². The number of para-hydroxylation sites is 1. The number of ether oxygens (including phenoxy) is 1. The summed E-state index contributed by atoms with van der Waals surface area (Å²) in [4.78, 5) is 41.7. The van der Waals surface area contributed by atoms with E-state index in [1.807, 2.05) is 31.2 Å². The van der Waals surface area contributed by atoms with E-state index in [-0.39, 0.29) is 17.9 Å². The summed E-state index contributed by atoms with van der Waals surface area (Å²) in [6, 6.07) is 12.6. The number of nitrogens with zero attached hydrogens (tertiary/aromatic N) is 1. The van der Waals surface area contributed by atoms with E-state index in [0.29, 0.717) is 16.8 Å². The van der Waals surface area contributed by atoms with E-state index in [1.165, 1.54) is 0 Å². The van der Waals surface area contributed by atoms with Crippen LogP contribution in [-0.2, 0) is 14.3 Å². The monoisotopic (exact) mass is 489 g/mol. The molecule has 7 nitrogen and oxygen atoms in total. The van der Waals surface area contributed by atoms with E-state index in [1.54, 1.807) is 56.9 Å². The minimum absolute atomic E-state index is 0.154. The Labute approximate surface area is 213 Å². The van der Waals surface area contributed by atoms with Crippen LogP contribution in [0.3, 0.4) is 0 Å². The Bertz CT molecular complexity index is 1160. The van der Waals surface area contributed by atoms with Gasteiger partial charge in [-0.15, -0.1) is 6.42 Å². The van der Waals surface area contributed by atoms with Crippen LogP contribution in [0.25, 0.3) is 0 Å². The summed E-state index contributed by atoms with van der Waals surface area (Å²) in [5.41, 5.74) is 1.95. The smallest absolute Gasteiger partial charge is 0.408 e. The van der Waals surface area contributed by atoms with Crippen molar-refractivity contribution in [3.05, 3.63) is 65.2 Å². The van der Waals surface area contributed by atoms with Gasteiger partial charge in [-0.1, -0.05) is 42.3 Å². The predicted molar refractivity (Wildman–Crippen MR) is 140 cm³/mol. The number of aryl methyl sites for hydroxylation is 1. The number of hydrogen-bond donors (Lipinski definition) is 2. The Balaban J connectivity index is 2.00.